The predicted molar refractivity (Wildman–Crippen MR) is 159 cm³/mol. The summed E-state index contributed by atoms with van der Waals surface area (Å²) in [6.45, 7) is 8.82. The van der Waals surface area contributed by atoms with Gasteiger partial charge in [-0.05, 0) is 27.7 Å². The minimum atomic E-state index is -1.90. The molecule has 2 amide bonds. The average Bonchev–Trinajstić information content (AvgIpc) is 2.79. The van der Waals surface area contributed by atoms with Crippen LogP contribution >= 0.6 is 15.6 Å². The third kappa shape index (κ3) is 18.4. The fourth-order valence-corrected chi connectivity index (χ4v) is 6.60. The lowest BCUT2D eigenvalue weighted by molar-refractivity contribution is -0.867. The van der Waals surface area contributed by atoms with E-state index < -0.39 is 39.7 Å². The molecule has 0 aromatic rings. The van der Waals surface area contributed by atoms with Crippen molar-refractivity contribution in [2.75, 3.05) is 93.1 Å². The molecule has 0 N–H and O–H groups in total. The molecule has 0 spiro atoms. The summed E-state index contributed by atoms with van der Waals surface area (Å²) in [5.74, 6) is -2.21. The van der Waals surface area contributed by atoms with Crippen LogP contribution in [0.5, 0.6) is 0 Å². The van der Waals surface area contributed by atoms with Crippen molar-refractivity contribution < 1.29 is 46.7 Å². The third-order valence-electron chi connectivity index (χ3n) is 5.83. The van der Waals surface area contributed by atoms with Gasteiger partial charge >= 0.3 is 24.1 Å². The summed E-state index contributed by atoms with van der Waals surface area (Å²) in [7, 11) is 8.26. The highest BCUT2D eigenvalue weighted by molar-refractivity contribution is 7.44. The van der Waals surface area contributed by atoms with Gasteiger partial charge in [-0.15, -0.1) is 0 Å². The zero-order valence-corrected chi connectivity index (χ0v) is 28.0. The Labute approximate surface area is 241 Å². The summed E-state index contributed by atoms with van der Waals surface area (Å²) in [5, 5.41) is 0. The van der Waals surface area contributed by atoms with Gasteiger partial charge < -0.3 is 37.4 Å². The molecule has 0 saturated heterocycles. The van der Waals surface area contributed by atoms with Gasteiger partial charge in [0.15, 0.2) is 0 Å². The van der Waals surface area contributed by atoms with Crippen molar-refractivity contribution in [3.8, 4) is 0 Å². The van der Waals surface area contributed by atoms with Gasteiger partial charge in [0.05, 0.1) is 71.0 Å². The molecule has 2 atom stereocenters. The molecule has 0 aliphatic rings. The lowest BCUT2D eigenvalue weighted by Crippen LogP contribution is -2.40. The maximum absolute atomic E-state index is 12.5. The van der Waals surface area contributed by atoms with Crippen LogP contribution in [0.15, 0.2) is 12.2 Å². The van der Waals surface area contributed by atoms with Crippen molar-refractivity contribution >= 4 is 39.7 Å². The van der Waals surface area contributed by atoms with Crippen LogP contribution in [0.1, 0.15) is 27.7 Å². The first kappa shape index (κ1) is 38.0. The van der Waals surface area contributed by atoms with Crippen molar-refractivity contribution in [2.45, 2.75) is 39.8 Å². The summed E-state index contributed by atoms with van der Waals surface area (Å²) in [4.78, 5) is 51.8. The van der Waals surface area contributed by atoms with E-state index in [2.05, 4.69) is 0 Å². The van der Waals surface area contributed by atoms with E-state index >= 15 is 0 Å². The van der Waals surface area contributed by atoms with Gasteiger partial charge in [0.2, 0.25) is 0 Å². The van der Waals surface area contributed by atoms with E-state index in [1.165, 1.54) is 9.80 Å². The molecular formula is C26H52N4O8P2+2. The number of hydrogen-bond donors (Lipinski definition) is 0. The smallest absolute Gasteiger partial charge is 0.373 e. The van der Waals surface area contributed by atoms with E-state index in [0.717, 1.165) is 13.1 Å². The molecule has 0 heterocycles. The fraction of sp³-hybridized carbons (Fsp3) is 0.769. The van der Waals surface area contributed by atoms with Crippen LogP contribution in [0.25, 0.3) is 0 Å². The van der Waals surface area contributed by atoms with E-state index in [0.29, 0.717) is 45.8 Å². The van der Waals surface area contributed by atoms with Gasteiger partial charge in [-0.3, -0.25) is 0 Å². The maximum Gasteiger partial charge on any atom is 0.417 e. The Bertz CT molecular complexity index is 866. The maximum atomic E-state index is 12.5. The second-order valence-electron chi connectivity index (χ2n) is 12.4. The molecule has 12 nitrogen and oxygen atoms in total. The normalized spacial score (nSPS) is 13.8. The summed E-state index contributed by atoms with van der Waals surface area (Å²) >= 11 is 0. The SMILES string of the molecule is CC(C)N(CC[PH](=O)CC[N+](C)(C)C)C(=O)OC(=O)/C=C/C(=O)OC(=O)N(CC[PH](=O)CC[N+](C)(C)C)C(C)C. The Kier molecular flexibility index (Phi) is 16.8. The van der Waals surface area contributed by atoms with E-state index in [1.807, 2.05) is 42.3 Å². The number of hydrogen-bond acceptors (Lipinski definition) is 8. The third-order valence-corrected chi connectivity index (χ3v) is 8.96. The van der Waals surface area contributed by atoms with Crippen LogP contribution in [-0.4, -0.2) is 148 Å². The van der Waals surface area contributed by atoms with Crippen molar-refractivity contribution in [3.63, 3.8) is 0 Å². The first-order valence-electron chi connectivity index (χ1n) is 13.6. The number of quaternary nitrogens is 2. The number of nitrogens with zero attached hydrogens (tertiary/aromatic N) is 4. The summed E-state index contributed by atoms with van der Waals surface area (Å²) in [6, 6.07) is -0.601. The molecule has 232 valence electrons. The Morgan fingerprint density at radius 1 is 0.625 bits per heavy atom. The Morgan fingerprint density at radius 2 is 0.925 bits per heavy atom. The van der Waals surface area contributed by atoms with Crippen LogP contribution in [-0.2, 0) is 28.2 Å². The van der Waals surface area contributed by atoms with Gasteiger partial charge in [-0.25, -0.2) is 19.2 Å². The van der Waals surface area contributed by atoms with Gasteiger partial charge in [0, 0.05) is 62.0 Å². The molecule has 40 heavy (non-hydrogen) atoms. The second-order valence-corrected chi connectivity index (χ2v) is 16.5. The molecule has 2 unspecified atom stereocenters. The second kappa shape index (κ2) is 17.7. The number of rotatable bonds is 16. The summed E-state index contributed by atoms with van der Waals surface area (Å²) in [5.41, 5.74) is 0. The molecule has 14 heteroatoms. The molecule has 0 saturated carbocycles. The lowest BCUT2D eigenvalue weighted by Gasteiger charge is -2.26. The molecule has 0 fully saturated rings. The van der Waals surface area contributed by atoms with Crippen molar-refractivity contribution in [3.05, 3.63) is 12.2 Å². The van der Waals surface area contributed by atoms with Crippen LogP contribution in [0, 0.1) is 0 Å². The number of carbonyl (C=O) groups is 4. The molecule has 0 aliphatic heterocycles. The highest BCUT2D eigenvalue weighted by atomic mass is 31.1. The minimum absolute atomic E-state index is 0.172. The highest BCUT2D eigenvalue weighted by Crippen LogP contribution is 2.22. The molecule has 0 aromatic carbocycles. The predicted octanol–water partition coefficient (Wildman–Crippen LogP) is 2.82. The highest BCUT2D eigenvalue weighted by Gasteiger charge is 2.24. The van der Waals surface area contributed by atoms with Gasteiger partial charge in [0.25, 0.3) is 0 Å². The standard InChI is InChI=1S/C26H52N4O8P2/c1-21(2)27(13-17-39(35)19-15-29(5,6)7)25(33)37-23(31)11-12-24(32)38-26(34)28(22(3)4)14-18-40(36)20-16-30(8,9)10/h11-12,21-22,39-40H,13-20H2,1-10H3/q+2/b12-11+. The average molecular weight is 611 g/mol. The monoisotopic (exact) mass is 610 g/mol. The summed E-state index contributed by atoms with van der Waals surface area (Å²) in [6.07, 6.45) is 1.33. The lowest BCUT2D eigenvalue weighted by atomic mass is 10.3. The van der Waals surface area contributed by atoms with Gasteiger partial charge in [-0.2, -0.15) is 0 Å². The first-order chi connectivity index (χ1) is 18.2. The zero-order valence-electron chi connectivity index (χ0n) is 26.0. The number of ether oxygens (including phenoxy) is 2. The number of carbonyl (C=O) groups excluding carboxylic acids is 4. The molecular weight excluding hydrogens is 558 g/mol. The van der Waals surface area contributed by atoms with Crippen molar-refractivity contribution in [2.24, 2.45) is 0 Å². The number of amides is 2. The van der Waals surface area contributed by atoms with Gasteiger partial charge in [-0.1, -0.05) is 0 Å². The first-order valence-corrected chi connectivity index (χ1v) is 17.2. The molecule has 0 rings (SSSR count). The quantitative estimate of drug-likeness (QED) is 0.0859. The van der Waals surface area contributed by atoms with Crippen LogP contribution < -0.4 is 0 Å². The topological polar surface area (TPSA) is 127 Å². The summed E-state index contributed by atoms with van der Waals surface area (Å²) < 4.78 is 35.7. The van der Waals surface area contributed by atoms with E-state index in [-0.39, 0.29) is 25.2 Å². The van der Waals surface area contributed by atoms with Crippen LogP contribution in [0.2, 0.25) is 0 Å². The van der Waals surface area contributed by atoms with Crippen LogP contribution in [0.4, 0.5) is 9.59 Å². The van der Waals surface area contributed by atoms with E-state index in [1.54, 1.807) is 27.7 Å². The Hall–Kier alpha value is -2.00. The Morgan fingerprint density at radius 3 is 1.18 bits per heavy atom. The Balaban J connectivity index is 4.86. The largest absolute Gasteiger partial charge is 0.417 e. The molecule has 0 radical (unpaired) electrons. The minimum Gasteiger partial charge on any atom is -0.373 e. The van der Waals surface area contributed by atoms with E-state index in [9.17, 15) is 28.3 Å². The fourth-order valence-electron chi connectivity index (χ4n) is 3.27. The van der Waals surface area contributed by atoms with Crippen molar-refractivity contribution in [1.82, 2.24) is 9.80 Å². The molecule has 0 aromatic heterocycles. The van der Waals surface area contributed by atoms with Crippen LogP contribution in [0.3, 0.4) is 0 Å². The van der Waals surface area contributed by atoms with E-state index in [4.69, 9.17) is 9.47 Å². The molecule has 0 bridgehead atoms. The number of esters is 2. The van der Waals surface area contributed by atoms with Crippen molar-refractivity contribution in [1.29, 1.82) is 0 Å². The zero-order chi connectivity index (χ0) is 31.3. The van der Waals surface area contributed by atoms with Gasteiger partial charge in [0.1, 0.15) is 0 Å². The molecule has 0 aliphatic carbocycles.